The van der Waals surface area contributed by atoms with Crippen LogP contribution in [0.2, 0.25) is 0 Å². The Labute approximate surface area is 167 Å². The van der Waals surface area contributed by atoms with Crippen LogP contribution in [0.15, 0.2) is 58.8 Å². The molecule has 146 valence electrons. The quantitative estimate of drug-likeness (QED) is 0.604. The van der Waals surface area contributed by atoms with Gasteiger partial charge in [-0.05, 0) is 24.6 Å². The molecule has 1 heterocycles. The molecule has 0 spiro atoms. The SMILES string of the molecule is COC(=O)c1scc(-c2ccc(C)cc2)c1S(=O)(=O)Nc1ccccc1OC. The van der Waals surface area contributed by atoms with Gasteiger partial charge in [0.05, 0.1) is 19.9 Å². The molecule has 0 fully saturated rings. The number of carbonyl (C=O) groups is 1. The summed E-state index contributed by atoms with van der Waals surface area (Å²) in [6.07, 6.45) is 0. The number of benzene rings is 2. The molecule has 0 radical (unpaired) electrons. The summed E-state index contributed by atoms with van der Waals surface area (Å²) < 4.78 is 39.1. The Balaban J connectivity index is 2.16. The number of nitrogens with one attached hydrogen (secondary N) is 1. The van der Waals surface area contributed by atoms with Crippen molar-refractivity contribution < 1.29 is 22.7 Å². The van der Waals surface area contributed by atoms with E-state index in [4.69, 9.17) is 9.47 Å². The largest absolute Gasteiger partial charge is 0.495 e. The summed E-state index contributed by atoms with van der Waals surface area (Å²) in [7, 11) is -1.42. The molecule has 0 bridgehead atoms. The number of hydrogen-bond acceptors (Lipinski definition) is 6. The van der Waals surface area contributed by atoms with Gasteiger partial charge in [0.25, 0.3) is 10.0 Å². The van der Waals surface area contributed by atoms with E-state index < -0.39 is 16.0 Å². The Kier molecular flexibility index (Phi) is 5.71. The first-order valence-electron chi connectivity index (χ1n) is 8.30. The summed E-state index contributed by atoms with van der Waals surface area (Å²) in [4.78, 5) is 12.1. The minimum absolute atomic E-state index is 0.0143. The van der Waals surface area contributed by atoms with Gasteiger partial charge in [0.15, 0.2) is 0 Å². The fraction of sp³-hybridized carbons (Fsp3) is 0.150. The number of esters is 1. The lowest BCUT2D eigenvalue weighted by atomic mass is 10.1. The van der Waals surface area contributed by atoms with E-state index in [1.54, 1.807) is 29.6 Å². The van der Waals surface area contributed by atoms with Crippen molar-refractivity contribution in [2.24, 2.45) is 0 Å². The highest BCUT2D eigenvalue weighted by Crippen LogP contribution is 2.37. The van der Waals surface area contributed by atoms with E-state index in [0.29, 0.717) is 16.9 Å². The Morgan fingerprint density at radius 1 is 1.04 bits per heavy atom. The Hall–Kier alpha value is -2.84. The lowest BCUT2D eigenvalue weighted by molar-refractivity contribution is 0.0602. The molecule has 0 atom stereocenters. The molecule has 0 amide bonds. The maximum atomic E-state index is 13.3. The van der Waals surface area contributed by atoms with Crippen LogP contribution in [-0.4, -0.2) is 28.6 Å². The molecule has 0 saturated heterocycles. The second-order valence-corrected chi connectivity index (χ2v) is 8.47. The van der Waals surface area contributed by atoms with Crippen LogP contribution in [0.3, 0.4) is 0 Å². The zero-order valence-corrected chi connectivity index (χ0v) is 17.2. The summed E-state index contributed by atoms with van der Waals surface area (Å²) in [5, 5.41) is 1.65. The van der Waals surface area contributed by atoms with Gasteiger partial charge < -0.3 is 9.47 Å². The molecule has 0 aliphatic rings. The first-order chi connectivity index (χ1) is 13.4. The van der Waals surface area contributed by atoms with Gasteiger partial charge in [-0.2, -0.15) is 0 Å². The van der Waals surface area contributed by atoms with Crippen LogP contribution in [0.25, 0.3) is 11.1 Å². The normalized spacial score (nSPS) is 11.1. The maximum Gasteiger partial charge on any atom is 0.349 e. The van der Waals surface area contributed by atoms with E-state index >= 15 is 0 Å². The fourth-order valence-electron chi connectivity index (χ4n) is 2.70. The monoisotopic (exact) mass is 417 g/mol. The third-order valence-electron chi connectivity index (χ3n) is 4.10. The Bertz CT molecular complexity index is 1100. The van der Waals surface area contributed by atoms with Crippen LogP contribution in [0.5, 0.6) is 5.75 Å². The number of ether oxygens (including phenoxy) is 2. The third kappa shape index (κ3) is 3.88. The van der Waals surface area contributed by atoms with Gasteiger partial charge in [-0.3, -0.25) is 4.72 Å². The van der Waals surface area contributed by atoms with Crippen LogP contribution in [-0.2, 0) is 14.8 Å². The van der Waals surface area contributed by atoms with E-state index in [0.717, 1.165) is 16.9 Å². The predicted molar refractivity (Wildman–Crippen MR) is 110 cm³/mol. The summed E-state index contributed by atoms with van der Waals surface area (Å²) in [6, 6.07) is 14.1. The number of carbonyl (C=O) groups excluding carboxylic acids is 1. The summed E-state index contributed by atoms with van der Waals surface area (Å²) in [5.74, 6) is -0.332. The number of rotatable bonds is 6. The van der Waals surface area contributed by atoms with Gasteiger partial charge in [-0.25, -0.2) is 13.2 Å². The van der Waals surface area contributed by atoms with Crippen LogP contribution in [0.1, 0.15) is 15.2 Å². The molecule has 3 aromatic rings. The molecule has 2 aromatic carbocycles. The summed E-state index contributed by atoms with van der Waals surface area (Å²) in [5.41, 5.74) is 2.45. The van der Waals surface area contributed by atoms with Crippen molar-refractivity contribution in [3.05, 3.63) is 64.4 Å². The average molecular weight is 418 g/mol. The molecular formula is C20H19NO5S2. The fourth-order valence-corrected chi connectivity index (χ4v) is 5.49. The zero-order chi connectivity index (χ0) is 20.3. The number of para-hydroxylation sites is 2. The maximum absolute atomic E-state index is 13.3. The van der Waals surface area contributed by atoms with Gasteiger partial charge in [-0.15, -0.1) is 11.3 Å². The molecule has 1 N–H and O–H groups in total. The highest BCUT2D eigenvalue weighted by molar-refractivity contribution is 7.93. The molecule has 0 aliphatic carbocycles. The summed E-state index contributed by atoms with van der Waals surface area (Å²) >= 11 is 1.03. The minimum Gasteiger partial charge on any atom is -0.495 e. The van der Waals surface area contributed by atoms with Crippen molar-refractivity contribution >= 4 is 33.0 Å². The Morgan fingerprint density at radius 3 is 2.36 bits per heavy atom. The van der Waals surface area contributed by atoms with Crippen LogP contribution in [0, 0.1) is 6.92 Å². The number of thiophene rings is 1. The molecule has 28 heavy (non-hydrogen) atoms. The topological polar surface area (TPSA) is 81.7 Å². The second kappa shape index (κ2) is 8.04. The van der Waals surface area contributed by atoms with Crippen LogP contribution in [0.4, 0.5) is 5.69 Å². The van der Waals surface area contributed by atoms with Crippen molar-refractivity contribution in [3.63, 3.8) is 0 Å². The molecule has 6 nitrogen and oxygen atoms in total. The van der Waals surface area contributed by atoms with Crippen molar-refractivity contribution in [1.82, 2.24) is 0 Å². The standard InChI is InChI=1S/C20H19NO5S2/c1-13-8-10-14(11-9-13)15-12-27-18(20(22)26-3)19(15)28(23,24)21-16-6-4-5-7-17(16)25-2/h4-12,21H,1-3H3. The van der Waals surface area contributed by atoms with Crippen molar-refractivity contribution in [2.75, 3.05) is 18.9 Å². The lowest BCUT2D eigenvalue weighted by Gasteiger charge is -2.13. The molecule has 1 aromatic heterocycles. The van der Waals surface area contributed by atoms with Gasteiger partial charge in [-0.1, -0.05) is 42.0 Å². The number of methoxy groups -OCH3 is 2. The Morgan fingerprint density at radius 2 is 1.71 bits per heavy atom. The third-order valence-corrected chi connectivity index (χ3v) is 6.64. The number of anilines is 1. The minimum atomic E-state index is -4.10. The van der Waals surface area contributed by atoms with Crippen molar-refractivity contribution in [3.8, 4) is 16.9 Å². The van der Waals surface area contributed by atoms with E-state index in [9.17, 15) is 13.2 Å². The van der Waals surface area contributed by atoms with E-state index in [1.165, 1.54) is 14.2 Å². The van der Waals surface area contributed by atoms with Gasteiger partial charge in [0.2, 0.25) is 0 Å². The molecule has 3 rings (SSSR count). The first kappa shape index (κ1) is 19.9. The average Bonchev–Trinajstić information content (AvgIpc) is 3.14. The first-order valence-corrected chi connectivity index (χ1v) is 10.7. The summed E-state index contributed by atoms with van der Waals surface area (Å²) in [6.45, 7) is 1.94. The molecule has 0 saturated carbocycles. The van der Waals surface area contributed by atoms with Gasteiger partial charge in [0, 0.05) is 10.9 Å². The predicted octanol–water partition coefficient (Wildman–Crippen LogP) is 4.32. The van der Waals surface area contributed by atoms with Gasteiger partial charge in [0.1, 0.15) is 15.5 Å². The van der Waals surface area contributed by atoms with Gasteiger partial charge >= 0.3 is 5.97 Å². The molecule has 8 heteroatoms. The van der Waals surface area contributed by atoms with Crippen molar-refractivity contribution in [2.45, 2.75) is 11.8 Å². The van der Waals surface area contributed by atoms with Crippen LogP contribution < -0.4 is 9.46 Å². The van der Waals surface area contributed by atoms with Crippen LogP contribution >= 0.6 is 11.3 Å². The lowest BCUT2D eigenvalue weighted by Crippen LogP contribution is -2.17. The van der Waals surface area contributed by atoms with E-state index in [2.05, 4.69) is 4.72 Å². The number of aryl methyl sites for hydroxylation is 1. The second-order valence-electron chi connectivity index (χ2n) is 5.97. The number of hydrogen-bond donors (Lipinski definition) is 1. The van der Waals surface area contributed by atoms with E-state index in [-0.39, 0.29) is 15.5 Å². The van der Waals surface area contributed by atoms with E-state index in [1.807, 2.05) is 31.2 Å². The molecule has 0 aliphatic heterocycles. The smallest absolute Gasteiger partial charge is 0.349 e. The molecular weight excluding hydrogens is 398 g/mol. The molecule has 0 unspecified atom stereocenters. The zero-order valence-electron chi connectivity index (χ0n) is 15.6. The number of sulfonamides is 1. The van der Waals surface area contributed by atoms with Crippen molar-refractivity contribution in [1.29, 1.82) is 0 Å². The highest BCUT2D eigenvalue weighted by atomic mass is 32.2. The highest BCUT2D eigenvalue weighted by Gasteiger charge is 2.30.